The molecule has 1 heterocycles. The van der Waals surface area contributed by atoms with Crippen molar-refractivity contribution >= 4 is 39.8 Å². The van der Waals surface area contributed by atoms with Crippen LogP contribution in [-0.4, -0.2) is 2.78 Å². The van der Waals surface area contributed by atoms with Crippen LogP contribution in [0.15, 0.2) is 43.0 Å². The quantitative estimate of drug-likeness (QED) is 0.568. The lowest BCUT2D eigenvalue weighted by Gasteiger charge is -1.94. The number of fused-ring (bicyclic) bond motifs is 1. The summed E-state index contributed by atoms with van der Waals surface area (Å²) < 4.78 is 2.21. The van der Waals surface area contributed by atoms with Gasteiger partial charge in [-0.1, -0.05) is 36.4 Å². The molecule has 2 heteroatoms. The average molecular weight is 323 g/mol. The van der Waals surface area contributed by atoms with E-state index in [2.05, 4.69) is 75.6 Å². The van der Waals surface area contributed by atoms with Gasteiger partial charge in [0.15, 0.2) is 0 Å². The smallest absolute Gasteiger partial charge is 0.0643 e. The first-order valence-electron chi connectivity index (χ1n) is 5.29. The van der Waals surface area contributed by atoms with Crippen molar-refractivity contribution in [1.82, 2.24) is 2.78 Å². The molecule has 0 unspecified atom stereocenters. The fourth-order valence-electron chi connectivity index (χ4n) is 1.85. The van der Waals surface area contributed by atoms with Crippen molar-refractivity contribution in [3.05, 3.63) is 54.3 Å². The summed E-state index contributed by atoms with van der Waals surface area (Å²) in [6.45, 7) is 5.88. The van der Waals surface area contributed by atoms with E-state index in [9.17, 15) is 0 Å². The molecule has 0 aliphatic rings. The molecule has 2 rings (SSSR count). The Labute approximate surface area is 110 Å². The maximum atomic E-state index is 3.72. The Morgan fingerprint density at radius 2 is 2.12 bits per heavy atom. The molecule has 2 aromatic rings. The molecule has 82 valence electrons. The fourth-order valence-corrected chi connectivity index (χ4v) is 2.53. The minimum Gasteiger partial charge on any atom is -0.286 e. The zero-order valence-electron chi connectivity index (χ0n) is 9.28. The molecule has 0 aliphatic carbocycles. The zero-order chi connectivity index (χ0) is 11.5. The minimum absolute atomic E-state index is 0.917. The molecule has 0 saturated heterocycles. The van der Waals surface area contributed by atoms with Crippen LogP contribution in [0.25, 0.3) is 17.0 Å². The van der Waals surface area contributed by atoms with Crippen LogP contribution in [0.5, 0.6) is 0 Å². The third kappa shape index (κ3) is 1.94. The first-order valence-corrected chi connectivity index (χ1v) is 6.26. The van der Waals surface area contributed by atoms with Crippen LogP contribution in [0.1, 0.15) is 17.7 Å². The second-order valence-electron chi connectivity index (χ2n) is 3.72. The second kappa shape index (κ2) is 4.87. The van der Waals surface area contributed by atoms with Crippen molar-refractivity contribution in [3.8, 4) is 0 Å². The average Bonchev–Trinajstić information content (AvgIpc) is 2.55. The van der Waals surface area contributed by atoms with E-state index in [1.165, 1.54) is 22.2 Å². The van der Waals surface area contributed by atoms with Crippen LogP contribution in [-0.2, 0) is 0 Å². The summed E-state index contributed by atoms with van der Waals surface area (Å²) in [7, 11) is 0. The molecular weight excluding hydrogens is 309 g/mol. The predicted octanol–water partition coefficient (Wildman–Crippen LogP) is 4.74. The van der Waals surface area contributed by atoms with E-state index in [0.29, 0.717) is 0 Å². The van der Waals surface area contributed by atoms with Gasteiger partial charge in [0.1, 0.15) is 0 Å². The molecular formula is C14H14IN. The van der Waals surface area contributed by atoms with Crippen LogP contribution >= 0.6 is 22.9 Å². The van der Waals surface area contributed by atoms with Crippen molar-refractivity contribution in [3.63, 3.8) is 0 Å². The number of rotatable bonds is 3. The van der Waals surface area contributed by atoms with E-state index in [-0.39, 0.29) is 0 Å². The van der Waals surface area contributed by atoms with Gasteiger partial charge in [-0.15, -0.1) is 6.58 Å². The van der Waals surface area contributed by atoms with Gasteiger partial charge in [-0.3, -0.25) is 2.78 Å². The van der Waals surface area contributed by atoms with Crippen LogP contribution < -0.4 is 0 Å². The number of halogens is 1. The van der Waals surface area contributed by atoms with Crippen molar-refractivity contribution in [2.24, 2.45) is 0 Å². The van der Waals surface area contributed by atoms with Gasteiger partial charge < -0.3 is 0 Å². The largest absolute Gasteiger partial charge is 0.286 e. The van der Waals surface area contributed by atoms with Crippen molar-refractivity contribution in [1.29, 1.82) is 0 Å². The Kier molecular flexibility index (Phi) is 3.49. The van der Waals surface area contributed by atoms with E-state index in [4.69, 9.17) is 0 Å². The van der Waals surface area contributed by atoms with Gasteiger partial charge in [-0.2, -0.15) is 0 Å². The minimum atomic E-state index is 0.917. The van der Waals surface area contributed by atoms with Gasteiger partial charge in [0.2, 0.25) is 0 Å². The SMILES string of the molecule is C=CC/C=C\c1c(C)n(I)c2ccccc12. The molecule has 0 atom stereocenters. The molecule has 1 aromatic carbocycles. The maximum Gasteiger partial charge on any atom is 0.0643 e. The highest BCUT2D eigenvalue weighted by atomic mass is 127. The Balaban J connectivity index is 2.59. The van der Waals surface area contributed by atoms with Crippen molar-refractivity contribution in [2.45, 2.75) is 13.3 Å². The van der Waals surface area contributed by atoms with Gasteiger partial charge in [0.25, 0.3) is 0 Å². The highest BCUT2D eigenvalue weighted by Crippen LogP contribution is 2.28. The predicted molar refractivity (Wildman–Crippen MR) is 79.9 cm³/mol. The second-order valence-corrected chi connectivity index (χ2v) is 4.69. The summed E-state index contributed by atoms with van der Waals surface area (Å²) in [6.07, 6.45) is 7.17. The highest BCUT2D eigenvalue weighted by molar-refractivity contribution is 14.1. The van der Waals surface area contributed by atoms with Gasteiger partial charge in [-0.05, 0) is 19.4 Å². The molecule has 0 amide bonds. The summed E-state index contributed by atoms with van der Waals surface area (Å²) in [4.78, 5) is 0. The fraction of sp³-hybridized carbons (Fsp3) is 0.143. The summed E-state index contributed by atoms with van der Waals surface area (Å²) in [5.74, 6) is 0. The number of benzene rings is 1. The Morgan fingerprint density at radius 3 is 2.88 bits per heavy atom. The summed E-state index contributed by atoms with van der Waals surface area (Å²) >= 11 is 2.35. The van der Waals surface area contributed by atoms with Gasteiger partial charge in [-0.25, -0.2) is 0 Å². The molecule has 16 heavy (non-hydrogen) atoms. The Bertz CT molecular complexity index is 549. The molecule has 0 fully saturated rings. The number of allylic oxidation sites excluding steroid dienone is 2. The number of hydrogen-bond donors (Lipinski definition) is 0. The normalized spacial score (nSPS) is 11.4. The van der Waals surface area contributed by atoms with Crippen LogP contribution in [0.3, 0.4) is 0 Å². The molecule has 0 radical (unpaired) electrons. The number of aromatic nitrogens is 1. The third-order valence-electron chi connectivity index (χ3n) is 2.68. The zero-order valence-corrected chi connectivity index (χ0v) is 11.4. The summed E-state index contributed by atoms with van der Waals surface area (Å²) in [5, 5.41) is 1.31. The van der Waals surface area contributed by atoms with E-state index in [1.807, 2.05) is 6.08 Å². The standard InChI is InChI=1S/C14H14IN/c1-3-4-5-8-12-11(2)16(15)14-10-7-6-9-13(12)14/h3,5-10H,1,4H2,2H3/b8-5-. The molecule has 0 N–H and O–H groups in total. The van der Waals surface area contributed by atoms with E-state index >= 15 is 0 Å². The number of hydrogen-bond acceptors (Lipinski definition) is 0. The first kappa shape index (κ1) is 11.5. The number of para-hydroxylation sites is 1. The van der Waals surface area contributed by atoms with E-state index < -0.39 is 0 Å². The third-order valence-corrected chi connectivity index (χ3v) is 3.92. The van der Waals surface area contributed by atoms with Crippen LogP contribution in [0.2, 0.25) is 0 Å². The molecule has 0 saturated carbocycles. The van der Waals surface area contributed by atoms with E-state index in [1.54, 1.807) is 0 Å². The van der Waals surface area contributed by atoms with Gasteiger partial charge in [0.05, 0.1) is 28.4 Å². The maximum absolute atomic E-state index is 3.72. The number of nitrogens with zero attached hydrogens (tertiary/aromatic N) is 1. The lowest BCUT2D eigenvalue weighted by molar-refractivity contribution is 1.25. The molecule has 0 aliphatic heterocycles. The Hall–Kier alpha value is -1.03. The van der Waals surface area contributed by atoms with Crippen molar-refractivity contribution in [2.75, 3.05) is 0 Å². The van der Waals surface area contributed by atoms with Gasteiger partial charge in [0, 0.05) is 16.6 Å². The van der Waals surface area contributed by atoms with Crippen LogP contribution in [0, 0.1) is 6.92 Å². The lowest BCUT2D eigenvalue weighted by Crippen LogP contribution is -1.81. The monoisotopic (exact) mass is 323 g/mol. The first-order chi connectivity index (χ1) is 7.75. The van der Waals surface area contributed by atoms with Gasteiger partial charge >= 0.3 is 0 Å². The summed E-state index contributed by atoms with van der Waals surface area (Å²) in [6, 6.07) is 8.49. The highest BCUT2D eigenvalue weighted by Gasteiger charge is 2.08. The topological polar surface area (TPSA) is 4.93 Å². The molecule has 0 spiro atoms. The van der Waals surface area contributed by atoms with Crippen LogP contribution in [0.4, 0.5) is 0 Å². The Morgan fingerprint density at radius 1 is 1.38 bits per heavy atom. The molecule has 1 nitrogen and oxygen atoms in total. The lowest BCUT2D eigenvalue weighted by atomic mass is 10.1. The summed E-state index contributed by atoms with van der Waals surface area (Å²) in [5.41, 5.74) is 3.88. The molecule has 0 bridgehead atoms. The molecule has 1 aromatic heterocycles. The van der Waals surface area contributed by atoms with E-state index in [0.717, 1.165) is 6.42 Å². The van der Waals surface area contributed by atoms with Crippen molar-refractivity contribution < 1.29 is 0 Å².